The molecule has 1 atom stereocenters. The Hall–Kier alpha value is -2.56. The standard InChI is InChI=1S/C29H26BrNOS/c1-19-9-15-23(16-10-19)33-28-27-24(26(32)18-29(28,2)3)17-25(20-7-5-4-6-8-20)31(27)22-13-11-21(30)12-14-22/h4-17,28H,18H2,1-3H3. The van der Waals surface area contributed by atoms with Crippen molar-refractivity contribution >= 4 is 33.5 Å². The first-order chi connectivity index (χ1) is 15.8. The summed E-state index contributed by atoms with van der Waals surface area (Å²) in [5.74, 6) is 0.226. The number of carbonyl (C=O) groups excluding carboxylic acids is 1. The third kappa shape index (κ3) is 4.22. The van der Waals surface area contributed by atoms with Crippen LogP contribution in [0.5, 0.6) is 0 Å². The van der Waals surface area contributed by atoms with Gasteiger partial charge in [0.15, 0.2) is 5.78 Å². The number of hydrogen-bond acceptors (Lipinski definition) is 2. The molecule has 4 heteroatoms. The minimum atomic E-state index is -0.181. The molecule has 1 aromatic heterocycles. The molecule has 1 unspecified atom stereocenters. The molecule has 0 saturated heterocycles. The van der Waals surface area contributed by atoms with Gasteiger partial charge < -0.3 is 4.57 Å². The van der Waals surface area contributed by atoms with Crippen LogP contribution < -0.4 is 0 Å². The largest absolute Gasteiger partial charge is 0.312 e. The number of benzene rings is 3. The minimum absolute atomic E-state index is 0.133. The van der Waals surface area contributed by atoms with E-state index in [1.807, 2.05) is 17.8 Å². The second kappa shape index (κ2) is 8.66. The van der Waals surface area contributed by atoms with Crippen LogP contribution in [-0.2, 0) is 0 Å². The average molecular weight is 517 g/mol. The number of hydrogen-bond donors (Lipinski definition) is 0. The Morgan fingerprint density at radius 2 is 1.61 bits per heavy atom. The smallest absolute Gasteiger partial charge is 0.165 e. The number of aryl methyl sites for hydroxylation is 1. The number of ketones is 1. The van der Waals surface area contributed by atoms with Crippen LogP contribution in [0.4, 0.5) is 0 Å². The molecule has 166 valence electrons. The van der Waals surface area contributed by atoms with Crippen molar-refractivity contribution in [2.45, 2.75) is 37.3 Å². The lowest BCUT2D eigenvalue weighted by atomic mass is 9.75. The van der Waals surface area contributed by atoms with Crippen LogP contribution in [0.1, 0.15) is 47.1 Å². The zero-order chi connectivity index (χ0) is 23.2. The topological polar surface area (TPSA) is 22.0 Å². The summed E-state index contributed by atoms with van der Waals surface area (Å²) in [5.41, 5.74) is 6.26. The summed E-state index contributed by atoms with van der Waals surface area (Å²) in [6.45, 7) is 6.56. The molecule has 0 saturated carbocycles. The van der Waals surface area contributed by atoms with Crippen LogP contribution in [0.2, 0.25) is 0 Å². The highest BCUT2D eigenvalue weighted by Gasteiger charge is 2.43. The number of nitrogens with zero attached hydrogens (tertiary/aromatic N) is 1. The minimum Gasteiger partial charge on any atom is -0.312 e. The molecule has 0 amide bonds. The van der Waals surface area contributed by atoms with E-state index in [-0.39, 0.29) is 16.4 Å². The fourth-order valence-corrected chi connectivity index (χ4v) is 6.21. The summed E-state index contributed by atoms with van der Waals surface area (Å²) in [6.07, 6.45) is 0.544. The molecule has 0 radical (unpaired) electrons. The Labute approximate surface area is 208 Å². The lowest BCUT2D eigenvalue weighted by Gasteiger charge is -2.38. The molecule has 0 aliphatic heterocycles. The average Bonchev–Trinajstić information content (AvgIpc) is 3.19. The number of Topliss-reactive ketones (excluding diaryl/α,β-unsaturated/α-hetero) is 1. The predicted molar refractivity (Wildman–Crippen MR) is 141 cm³/mol. The molecular formula is C29H26BrNOS. The number of halogens is 1. The van der Waals surface area contributed by atoms with E-state index in [0.717, 1.165) is 32.7 Å². The van der Waals surface area contributed by atoms with Gasteiger partial charge in [0, 0.05) is 32.7 Å². The van der Waals surface area contributed by atoms with E-state index in [9.17, 15) is 4.79 Å². The molecule has 0 spiro atoms. The monoisotopic (exact) mass is 515 g/mol. The maximum Gasteiger partial charge on any atom is 0.165 e. The first-order valence-electron chi connectivity index (χ1n) is 11.2. The second-order valence-electron chi connectivity index (χ2n) is 9.41. The van der Waals surface area contributed by atoms with Gasteiger partial charge in [0.25, 0.3) is 0 Å². The van der Waals surface area contributed by atoms with Crippen molar-refractivity contribution < 1.29 is 4.79 Å². The lowest BCUT2D eigenvalue weighted by molar-refractivity contribution is 0.0908. The Morgan fingerprint density at radius 1 is 0.939 bits per heavy atom. The highest BCUT2D eigenvalue weighted by Crippen LogP contribution is 2.55. The van der Waals surface area contributed by atoms with Gasteiger partial charge in [-0.2, -0.15) is 0 Å². The van der Waals surface area contributed by atoms with Gasteiger partial charge in [0.1, 0.15) is 0 Å². The summed E-state index contributed by atoms with van der Waals surface area (Å²) >= 11 is 5.43. The van der Waals surface area contributed by atoms with Gasteiger partial charge >= 0.3 is 0 Å². The molecule has 0 N–H and O–H groups in total. The van der Waals surface area contributed by atoms with E-state index < -0.39 is 0 Å². The van der Waals surface area contributed by atoms with Crippen LogP contribution in [0, 0.1) is 12.3 Å². The van der Waals surface area contributed by atoms with E-state index >= 15 is 0 Å². The van der Waals surface area contributed by atoms with Crippen LogP contribution in [0.3, 0.4) is 0 Å². The molecule has 2 nitrogen and oxygen atoms in total. The van der Waals surface area contributed by atoms with Crippen LogP contribution in [0.25, 0.3) is 16.9 Å². The Kier molecular flexibility index (Phi) is 5.84. The van der Waals surface area contributed by atoms with Crippen molar-refractivity contribution in [2.24, 2.45) is 5.41 Å². The van der Waals surface area contributed by atoms with Crippen molar-refractivity contribution in [3.63, 3.8) is 0 Å². The molecule has 1 aliphatic carbocycles. The van der Waals surface area contributed by atoms with Gasteiger partial charge in [-0.1, -0.05) is 77.8 Å². The van der Waals surface area contributed by atoms with E-state index in [2.05, 4.69) is 120 Å². The number of fused-ring (bicyclic) bond motifs is 1. The van der Waals surface area contributed by atoms with Crippen molar-refractivity contribution in [3.8, 4) is 16.9 Å². The van der Waals surface area contributed by atoms with Gasteiger partial charge in [-0.05, 0) is 60.4 Å². The molecule has 0 bridgehead atoms. The number of thioether (sulfide) groups is 1. The lowest BCUT2D eigenvalue weighted by Crippen LogP contribution is -2.31. The van der Waals surface area contributed by atoms with E-state index in [1.165, 1.54) is 10.5 Å². The van der Waals surface area contributed by atoms with Gasteiger partial charge in [0.2, 0.25) is 0 Å². The van der Waals surface area contributed by atoms with Crippen LogP contribution in [-0.4, -0.2) is 10.4 Å². The van der Waals surface area contributed by atoms with Gasteiger partial charge in [-0.15, -0.1) is 11.8 Å². The third-order valence-electron chi connectivity index (χ3n) is 6.34. The van der Waals surface area contributed by atoms with Gasteiger partial charge in [-0.3, -0.25) is 4.79 Å². The molecule has 1 heterocycles. The van der Waals surface area contributed by atoms with E-state index in [1.54, 1.807) is 0 Å². The Bertz CT molecular complexity index is 1300. The molecule has 3 aromatic carbocycles. The van der Waals surface area contributed by atoms with Crippen molar-refractivity contribution in [1.29, 1.82) is 0 Å². The van der Waals surface area contributed by atoms with Crippen LogP contribution >= 0.6 is 27.7 Å². The summed E-state index contributed by atoms with van der Waals surface area (Å²) in [7, 11) is 0. The van der Waals surface area contributed by atoms with Crippen molar-refractivity contribution in [2.75, 3.05) is 0 Å². The first kappa shape index (κ1) is 22.2. The van der Waals surface area contributed by atoms with Crippen molar-refractivity contribution in [3.05, 3.63) is 106 Å². The zero-order valence-corrected chi connectivity index (χ0v) is 21.4. The zero-order valence-electron chi connectivity index (χ0n) is 19.0. The fourth-order valence-electron chi connectivity index (χ4n) is 4.64. The van der Waals surface area contributed by atoms with E-state index in [4.69, 9.17) is 0 Å². The number of rotatable bonds is 4. The second-order valence-corrected chi connectivity index (χ2v) is 11.5. The first-order valence-corrected chi connectivity index (χ1v) is 12.8. The SMILES string of the molecule is Cc1ccc(SC2c3c(cc(-c4ccccc4)n3-c3ccc(Br)cc3)C(=O)CC2(C)C)cc1. The summed E-state index contributed by atoms with van der Waals surface area (Å²) in [4.78, 5) is 14.6. The van der Waals surface area contributed by atoms with Crippen molar-refractivity contribution in [1.82, 2.24) is 4.57 Å². The third-order valence-corrected chi connectivity index (χ3v) is 8.51. The summed E-state index contributed by atoms with van der Waals surface area (Å²) < 4.78 is 3.34. The molecule has 0 fully saturated rings. The molecule has 4 aromatic rings. The summed E-state index contributed by atoms with van der Waals surface area (Å²) in [5, 5.41) is 0.133. The summed E-state index contributed by atoms with van der Waals surface area (Å²) in [6, 6.07) is 29.6. The van der Waals surface area contributed by atoms with Gasteiger partial charge in [0.05, 0.1) is 10.9 Å². The fraction of sp³-hybridized carbons (Fsp3) is 0.207. The highest BCUT2D eigenvalue weighted by atomic mass is 79.9. The van der Waals surface area contributed by atoms with Crippen LogP contribution in [0.15, 0.2) is 94.3 Å². The highest BCUT2D eigenvalue weighted by molar-refractivity contribution is 9.10. The molecule has 1 aliphatic rings. The maximum absolute atomic E-state index is 13.4. The Morgan fingerprint density at radius 3 is 2.27 bits per heavy atom. The molecular weight excluding hydrogens is 490 g/mol. The predicted octanol–water partition coefficient (Wildman–Crippen LogP) is 8.66. The van der Waals surface area contributed by atoms with E-state index in [0.29, 0.717) is 6.42 Å². The molecule has 33 heavy (non-hydrogen) atoms. The number of aromatic nitrogens is 1. The molecule has 5 rings (SSSR count). The Balaban J connectivity index is 1.76. The number of carbonyl (C=O) groups is 1. The maximum atomic E-state index is 13.4. The van der Waals surface area contributed by atoms with Gasteiger partial charge in [-0.25, -0.2) is 0 Å². The quantitative estimate of drug-likeness (QED) is 0.271. The normalized spacial score (nSPS) is 17.1.